The first kappa shape index (κ1) is 38.6. The maximum absolute atomic E-state index is 13.5. The van der Waals surface area contributed by atoms with Crippen molar-refractivity contribution in [2.75, 3.05) is 26.2 Å². The molecule has 0 aliphatic carbocycles. The summed E-state index contributed by atoms with van der Waals surface area (Å²) in [5.74, 6) is -1.77. The van der Waals surface area contributed by atoms with Crippen LogP contribution in [0.5, 0.6) is 0 Å². The van der Waals surface area contributed by atoms with Gasteiger partial charge in [0.05, 0.1) is 12.6 Å². The first-order valence-corrected chi connectivity index (χ1v) is 17.0. The molecule has 0 bridgehead atoms. The van der Waals surface area contributed by atoms with E-state index in [4.69, 9.17) is 11.5 Å². The number of nitrogens with one attached hydrogen (secondary N) is 4. The zero-order valence-corrected chi connectivity index (χ0v) is 28.2. The van der Waals surface area contributed by atoms with Gasteiger partial charge in [0, 0.05) is 25.2 Å². The number of aliphatic hydroxyl groups excluding tert-OH is 1. The van der Waals surface area contributed by atoms with Crippen LogP contribution in [-0.2, 0) is 27.2 Å². The fourth-order valence-electron chi connectivity index (χ4n) is 5.72. The van der Waals surface area contributed by atoms with Crippen LogP contribution in [0.25, 0.3) is 10.8 Å². The number of carboxylic acids is 1. The summed E-state index contributed by atoms with van der Waals surface area (Å²) < 4.78 is 0. The molecule has 48 heavy (non-hydrogen) atoms. The quantitative estimate of drug-likeness (QED) is 0.0745. The molecule has 11 heteroatoms. The number of aliphatic hydroxyl groups is 1. The Balaban J connectivity index is 1.63. The lowest BCUT2D eigenvalue weighted by molar-refractivity contribution is -0.140. The Morgan fingerprint density at radius 2 is 1.42 bits per heavy atom. The van der Waals surface area contributed by atoms with Crippen LogP contribution in [0.2, 0.25) is 0 Å². The number of carbonyl (C=O) groups excluding carboxylic acids is 2. The lowest BCUT2D eigenvalue weighted by Crippen LogP contribution is -2.58. The number of unbranched alkanes of at least 4 members (excludes halogenated alkanes) is 1. The fourth-order valence-corrected chi connectivity index (χ4v) is 5.72. The van der Waals surface area contributed by atoms with Gasteiger partial charge in [-0.2, -0.15) is 0 Å². The van der Waals surface area contributed by atoms with Crippen LogP contribution < -0.4 is 32.7 Å². The van der Waals surface area contributed by atoms with E-state index in [0.717, 1.165) is 28.3 Å². The van der Waals surface area contributed by atoms with Crippen LogP contribution in [0, 0.1) is 5.92 Å². The molecule has 0 fully saturated rings. The van der Waals surface area contributed by atoms with Crippen LogP contribution >= 0.6 is 0 Å². The molecule has 5 atom stereocenters. The third-order valence-electron chi connectivity index (χ3n) is 8.30. The van der Waals surface area contributed by atoms with Gasteiger partial charge < -0.3 is 42.9 Å². The minimum atomic E-state index is -1.20. The zero-order valence-electron chi connectivity index (χ0n) is 28.2. The van der Waals surface area contributed by atoms with E-state index in [0.29, 0.717) is 45.2 Å². The highest BCUT2D eigenvalue weighted by molar-refractivity contribution is 5.90. The summed E-state index contributed by atoms with van der Waals surface area (Å²) >= 11 is 0. The van der Waals surface area contributed by atoms with Crippen molar-refractivity contribution in [2.45, 2.75) is 82.6 Å². The van der Waals surface area contributed by atoms with Crippen molar-refractivity contribution < 1.29 is 24.6 Å². The van der Waals surface area contributed by atoms with Crippen LogP contribution in [0.15, 0.2) is 72.8 Å². The molecule has 10 N–H and O–H groups in total. The third-order valence-corrected chi connectivity index (χ3v) is 8.30. The second-order valence-electron chi connectivity index (χ2n) is 13.0. The highest BCUT2D eigenvalue weighted by Crippen LogP contribution is 2.16. The van der Waals surface area contributed by atoms with Crippen LogP contribution in [0.3, 0.4) is 0 Å². The minimum absolute atomic E-state index is 0.161. The maximum Gasteiger partial charge on any atom is 0.320 e. The van der Waals surface area contributed by atoms with Crippen molar-refractivity contribution in [3.63, 3.8) is 0 Å². The van der Waals surface area contributed by atoms with E-state index < -0.39 is 48.6 Å². The molecule has 0 radical (unpaired) electrons. The SMILES string of the molecule is CC(C)C[C@H](NC[C@H](Cc1ccccc1)NC(=O)[C@H](CO)NC(=O)[C@H](CCCCN)NC[C@H](N)Cc1ccc2ccccc2c1)C(=O)O. The summed E-state index contributed by atoms with van der Waals surface area (Å²) in [6, 6.07) is 20.5. The first-order valence-electron chi connectivity index (χ1n) is 17.0. The molecule has 0 aliphatic heterocycles. The van der Waals surface area contributed by atoms with E-state index in [1.54, 1.807) is 0 Å². The Bertz CT molecular complexity index is 1420. The van der Waals surface area contributed by atoms with Crippen molar-refractivity contribution >= 4 is 28.6 Å². The minimum Gasteiger partial charge on any atom is -0.480 e. The van der Waals surface area contributed by atoms with Gasteiger partial charge in [-0.15, -0.1) is 0 Å². The molecule has 0 unspecified atom stereocenters. The van der Waals surface area contributed by atoms with Crippen molar-refractivity contribution in [1.29, 1.82) is 0 Å². The largest absolute Gasteiger partial charge is 0.480 e. The van der Waals surface area contributed by atoms with E-state index in [2.05, 4.69) is 51.6 Å². The summed E-state index contributed by atoms with van der Waals surface area (Å²) in [6.07, 6.45) is 3.40. The van der Waals surface area contributed by atoms with E-state index in [1.807, 2.05) is 56.3 Å². The number of fused-ring (bicyclic) bond motifs is 1. The number of hydrogen-bond acceptors (Lipinski definition) is 8. The van der Waals surface area contributed by atoms with Crippen molar-refractivity contribution in [3.8, 4) is 0 Å². The average molecular weight is 663 g/mol. The lowest BCUT2D eigenvalue weighted by Gasteiger charge is -2.27. The van der Waals surface area contributed by atoms with Gasteiger partial charge >= 0.3 is 5.97 Å². The van der Waals surface area contributed by atoms with Gasteiger partial charge in [-0.3, -0.25) is 14.4 Å². The number of aliphatic carboxylic acids is 1. The lowest BCUT2D eigenvalue weighted by atomic mass is 10.0. The van der Waals surface area contributed by atoms with Crippen molar-refractivity contribution in [3.05, 3.63) is 83.9 Å². The van der Waals surface area contributed by atoms with Crippen molar-refractivity contribution in [1.82, 2.24) is 21.3 Å². The molecule has 0 saturated carbocycles. The smallest absolute Gasteiger partial charge is 0.320 e. The Morgan fingerprint density at radius 1 is 0.750 bits per heavy atom. The van der Waals surface area contributed by atoms with Gasteiger partial charge in [-0.05, 0) is 66.5 Å². The summed E-state index contributed by atoms with van der Waals surface area (Å²) in [5.41, 5.74) is 14.2. The van der Waals surface area contributed by atoms with Gasteiger partial charge in [0.2, 0.25) is 11.8 Å². The van der Waals surface area contributed by atoms with Gasteiger partial charge in [-0.1, -0.05) is 93.1 Å². The Kier molecular flexibility index (Phi) is 16.5. The number of amides is 2. The number of benzene rings is 3. The standard InChI is InChI=1S/C37H54N6O5/c1-25(2)18-33(37(47)48)41-23-31(21-26-10-4-3-5-11-26)42-36(46)34(24-44)43-35(45)32(14-8-9-17-38)40-22-30(39)20-27-15-16-28-12-6-7-13-29(28)19-27/h3-7,10-13,15-16,19,25,30-34,40-41,44H,8-9,14,17-18,20-24,38-39H2,1-2H3,(H,42,46)(H,43,45)(H,47,48)/t30-,31+,32+,33+,34+/m1/s1. The second-order valence-corrected chi connectivity index (χ2v) is 13.0. The third kappa shape index (κ3) is 13.3. The van der Waals surface area contributed by atoms with E-state index in [1.165, 1.54) is 0 Å². The molecule has 0 spiro atoms. The molecule has 11 nitrogen and oxygen atoms in total. The number of hydrogen-bond donors (Lipinski definition) is 8. The molecule has 3 aromatic carbocycles. The van der Waals surface area contributed by atoms with Crippen LogP contribution in [-0.4, -0.2) is 84.4 Å². The van der Waals surface area contributed by atoms with Gasteiger partial charge in [0.25, 0.3) is 0 Å². The predicted octanol–water partition coefficient (Wildman–Crippen LogP) is 2.09. The van der Waals surface area contributed by atoms with Gasteiger partial charge in [0.1, 0.15) is 12.1 Å². The number of rotatable bonds is 22. The topological polar surface area (TPSA) is 192 Å². The first-order chi connectivity index (χ1) is 23.1. The van der Waals surface area contributed by atoms with E-state index >= 15 is 0 Å². The summed E-state index contributed by atoms with van der Waals surface area (Å²) in [7, 11) is 0. The van der Waals surface area contributed by atoms with Gasteiger partial charge in [-0.25, -0.2) is 0 Å². The summed E-state index contributed by atoms with van der Waals surface area (Å²) in [5, 5.41) is 34.2. The molecule has 262 valence electrons. The molecular formula is C37H54N6O5. The molecule has 0 aliphatic rings. The van der Waals surface area contributed by atoms with E-state index in [-0.39, 0.29) is 18.5 Å². The normalized spacial score (nSPS) is 14.6. The Morgan fingerprint density at radius 3 is 2.08 bits per heavy atom. The van der Waals surface area contributed by atoms with E-state index in [9.17, 15) is 24.6 Å². The van der Waals surface area contributed by atoms with Gasteiger partial charge in [0.15, 0.2) is 0 Å². The summed E-state index contributed by atoms with van der Waals surface area (Å²) in [4.78, 5) is 38.8. The molecule has 0 saturated heterocycles. The molecular weight excluding hydrogens is 608 g/mol. The Labute approximate surface area is 284 Å². The fraction of sp³-hybridized carbons (Fsp3) is 0.486. The van der Waals surface area contributed by atoms with Crippen LogP contribution in [0.1, 0.15) is 50.7 Å². The summed E-state index contributed by atoms with van der Waals surface area (Å²) in [6.45, 7) is 4.35. The van der Waals surface area contributed by atoms with Crippen molar-refractivity contribution in [2.24, 2.45) is 17.4 Å². The van der Waals surface area contributed by atoms with Crippen LogP contribution in [0.4, 0.5) is 0 Å². The highest BCUT2D eigenvalue weighted by Gasteiger charge is 2.28. The number of nitrogens with two attached hydrogens (primary N) is 2. The number of carboxylic acid groups (broad SMARTS) is 1. The molecule has 0 aromatic heterocycles. The predicted molar refractivity (Wildman–Crippen MR) is 190 cm³/mol. The highest BCUT2D eigenvalue weighted by atomic mass is 16.4. The molecule has 3 aromatic rings. The molecule has 2 amide bonds. The molecule has 0 heterocycles. The molecule has 3 rings (SSSR count). The second kappa shape index (κ2) is 20.5. The Hall–Kier alpha value is -3.87. The number of carbonyl (C=O) groups is 3. The average Bonchev–Trinajstić information content (AvgIpc) is 3.06. The zero-order chi connectivity index (χ0) is 34.9. The maximum atomic E-state index is 13.5. The monoisotopic (exact) mass is 662 g/mol.